The highest BCUT2D eigenvalue weighted by Gasteiger charge is 2.14. The van der Waals surface area contributed by atoms with Crippen molar-refractivity contribution in [2.24, 2.45) is 5.10 Å². The molecule has 0 atom stereocenters. The van der Waals surface area contributed by atoms with Crippen molar-refractivity contribution in [2.75, 3.05) is 6.61 Å². The number of ether oxygens (including phenoxy) is 1. The number of carboxylic acids is 1. The minimum atomic E-state index is -1.04. The molecule has 2 N–H and O–H groups in total. The molecule has 2 aromatic carbocycles. The lowest BCUT2D eigenvalue weighted by Crippen LogP contribution is -2.24. The lowest BCUT2D eigenvalue weighted by molar-refractivity contribution is -0.385. The normalized spacial score (nSPS) is 10.4. The van der Waals surface area contributed by atoms with Crippen LogP contribution in [-0.4, -0.2) is 34.7 Å². The maximum atomic E-state index is 11.6. The summed E-state index contributed by atoms with van der Waals surface area (Å²) in [4.78, 5) is 32.6. The maximum absolute atomic E-state index is 11.6. The summed E-state index contributed by atoms with van der Waals surface area (Å²) >= 11 is 0. The van der Waals surface area contributed by atoms with Gasteiger partial charge in [-0.15, -0.1) is 0 Å². The second-order valence-corrected chi connectivity index (χ2v) is 4.73. The number of hydrogen-bond acceptors (Lipinski definition) is 6. The minimum absolute atomic E-state index is 0.0177. The van der Waals surface area contributed by atoms with Crippen molar-refractivity contribution in [1.29, 1.82) is 0 Å². The molecule has 0 saturated heterocycles. The summed E-state index contributed by atoms with van der Waals surface area (Å²) < 4.78 is 5.11. The molecule has 0 saturated carbocycles. The number of nitrogens with zero attached hydrogens (tertiary/aromatic N) is 2. The van der Waals surface area contributed by atoms with E-state index in [4.69, 9.17) is 9.84 Å². The number of carboxylic acid groups (broad SMARTS) is 1. The zero-order chi connectivity index (χ0) is 18.2. The molecule has 2 rings (SSSR count). The third-order valence-corrected chi connectivity index (χ3v) is 2.98. The monoisotopic (exact) mass is 343 g/mol. The van der Waals surface area contributed by atoms with Gasteiger partial charge in [0.15, 0.2) is 12.4 Å². The van der Waals surface area contributed by atoms with Gasteiger partial charge in [0, 0.05) is 6.07 Å². The number of nitro groups is 1. The van der Waals surface area contributed by atoms with Crippen LogP contribution in [0.5, 0.6) is 5.75 Å². The molecule has 2 aromatic rings. The van der Waals surface area contributed by atoms with Crippen LogP contribution >= 0.6 is 0 Å². The van der Waals surface area contributed by atoms with Crippen LogP contribution in [0.25, 0.3) is 0 Å². The number of carbonyl (C=O) groups excluding carboxylic acids is 1. The quantitative estimate of drug-likeness (QED) is 0.448. The van der Waals surface area contributed by atoms with Gasteiger partial charge < -0.3 is 9.84 Å². The van der Waals surface area contributed by atoms with E-state index in [9.17, 15) is 19.7 Å². The fourth-order valence-corrected chi connectivity index (χ4v) is 1.80. The van der Waals surface area contributed by atoms with Crippen molar-refractivity contribution in [2.45, 2.75) is 0 Å². The molecular weight excluding hydrogens is 330 g/mol. The first-order valence-electron chi connectivity index (χ1n) is 6.99. The van der Waals surface area contributed by atoms with Gasteiger partial charge in [0.25, 0.3) is 5.91 Å². The zero-order valence-electron chi connectivity index (χ0n) is 12.8. The van der Waals surface area contributed by atoms with Crippen LogP contribution in [-0.2, 0) is 4.79 Å². The van der Waals surface area contributed by atoms with E-state index in [1.807, 2.05) is 0 Å². The molecule has 0 heterocycles. The maximum Gasteiger partial charge on any atom is 0.335 e. The lowest BCUT2D eigenvalue weighted by Gasteiger charge is -2.05. The number of benzene rings is 2. The van der Waals surface area contributed by atoms with E-state index in [0.29, 0.717) is 5.56 Å². The number of hydrazone groups is 1. The first-order chi connectivity index (χ1) is 12.0. The van der Waals surface area contributed by atoms with Crippen molar-refractivity contribution in [3.63, 3.8) is 0 Å². The Kier molecular flexibility index (Phi) is 5.77. The summed E-state index contributed by atoms with van der Waals surface area (Å²) in [6.07, 6.45) is 1.33. The Labute approximate surface area is 141 Å². The fraction of sp³-hybridized carbons (Fsp3) is 0.0625. The molecule has 0 aromatic heterocycles. The highest BCUT2D eigenvalue weighted by molar-refractivity contribution is 5.89. The van der Waals surface area contributed by atoms with Gasteiger partial charge in [-0.25, -0.2) is 10.2 Å². The van der Waals surface area contributed by atoms with E-state index in [2.05, 4.69) is 10.5 Å². The molecule has 0 spiro atoms. The van der Waals surface area contributed by atoms with Crippen LogP contribution in [0.3, 0.4) is 0 Å². The second-order valence-electron chi connectivity index (χ2n) is 4.73. The molecular formula is C16H13N3O6. The molecule has 128 valence electrons. The molecule has 0 bridgehead atoms. The van der Waals surface area contributed by atoms with Crippen molar-refractivity contribution in [3.8, 4) is 5.75 Å². The molecule has 25 heavy (non-hydrogen) atoms. The Morgan fingerprint density at radius 1 is 1.20 bits per heavy atom. The summed E-state index contributed by atoms with van der Waals surface area (Å²) in [5.74, 6) is -1.66. The van der Waals surface area contributed by atoms with E-state index < -0.39 is 23.4 Å². The number of rotatable bonds is 7. The molecule has 9 heteroatoms. The number of hydrogen-bond donors (Lipinski definition) is 2. The van der Waals surface area contributed by atoms with Gasteiger partial charge in [0.05, 0.1) is 16.7 Å². The van der Waals surface area contributed by atoms with E-state index in [0.717, 1.165) is 0 Å². The van der Waals surface area contributed by atoms with Gasteiger partial charge in [-0.2, -0.15) is 5.10 Å². The molecule has 0 aliphatic carbocycles. The van der Waals surface area contributed by atoms with Crippen LogP contribution < -0.4 is 10.2 Å². The predicted octanol–water partition coefficient (Wildman–Crippen LogP) is 1.82. The Hall–Kier alpha value is -3.75. The first-order valence-corrected chi connectivity index (χ1v) is 6.99. The number of carbonyl (C=O) groups is 2. The number of nitro benzene ring substituents is 1. The third kappa shape index (κ3) is 5.13. The number of nitrogens with one attached hydrogen (secondary N) is 1. The molecule has 0 aliphatic heterocycles. The molecule has 9 nitrogen and oxygen atoms in total. The van der Waals surface area contributed by atoms with Gasteiger partial charge >= 0.3 is 11.7 Å². The van der Waals surface area contributed by atoms with E-state index in [1.54, 1.807) is 6.07 Å². The SMILES string of the molecule is O=C(COc1ccccc1[N+](=O)[O-])N/N=C\c1ccc(C(=O)O)cc1. The van der Waals surface area contributed by atoms with E-state index >= 15 is 0 Å². The van der Waals surface area contributed by atoms with Crippen LogP contribution in [0, 0.1) is 10.1 Å². The van der Waals surface area contributed by atoms with E-state index in [-0.39, 0.29) is 17.0 Å². The van der Waals surface area contributed by atoms with Crippen LogP contribution in [0.15, 0.2) is 53.6 Å². The van der Waals surface area contributed by atoms with Crippen LogP contribution in [0.1, 0.15) is 15.9 Å². The molecule has 0 unspecified atom stereocenters. The van der Waals surface area contributed by atoms with Gasteiger partial charge in [0.2, 0.25) is 0 Å². The zero-order valence-corrected chi connectivity index (χ0v) is 12.8. The summed E-state index contributed by atoms with van der Waals surface area (Å²) in [5.41, 5.74) is 2.69. The Bertz CT molecular complexity index is 817. The molecule has 0 radical (unpaired) electrons. The van der Waals surface area contributed by atoms with E-state index in [1.165, 1.54) is 48.7 Å². The summed E-state index contributed by atoms with van der Waals surface area (Å²) in [5, 5.41) is 23.3. The lowest BCUT2D eigenvalue weighted by atomic mass is 10.1. The smallest absolute Gasteiger partial charge is 0.335 e. The van der Waals surface area contributed by atoms with Crippen molar-refractivity contribution < 1.29 is 24.4 Å². The second kappa shape index (κ2) is 8.20. The Balaban J connectivity index is 1.86. The topological polar surface area (TPSA) is 131 Å². The van der Waals surface area contributed by atoms with Gasteiger partial charge in [-0.1, -0.05) is 24.3 Å². The minimum Gasteiger partial charge on any atom is -0.478 e. The summed E-state index contributed by atoms with van der Waals surface area (Å²) in [6, 6.07) is 11.6. The Morgan fingerprint density at radius 2 is 1.88 bits per heavy atom. The predicted molar refractivity (Wildman–Crippen MR) is 87.7 cm³/mol. The highest BCUT2D eigenvalue weighted by atomic mass is 16.6. The van der Waals surface area contributed by atoms with Gasteiger partial charge in [0.1, 0.15) is 0 Å². The summed E-state index contributed by atoms with van der Waals surface area (Å²) in [7, 11) is 0. The first kappa shape index (κ1) is 17.6. The van der Waals surface area contributed by atoms with Crippen LogP contribution in [0.4, 0.5) is 5.69 Å². The average molecular weight is 343 g/mol. The van der Waals surface area contributed by atoms with Gasteiger partial charge in [-0.05, 0) is 23.8 Å². The third-order valence-electron chi connectivity index (χ3n) is 2.98. The van der Waals surface area contributed by atoms with Crippen LogP contribution in [0.2, 0.25) is 0 Å². The number of para-hydroxylation sites is 2. The van der Waals surface area contributed by atoms with Crippen molar-refractivity contribution >= 4 is 23.8 Å². The molecule has 0 aliphatic rings. The number of amides is 1. The van der Waals surface area contributed by atoms with Crippen molar-refractivity contribution in [1.82, 2.24) is 5.43 Å². The average Bonchev–Trinajstić information content (AvgIpc) is 2.60. The highest BCUT2D eigenvalue weighted by Crippen LogP contribution is 2.25. The summed E-state index contributed by atoms with van der Waals surface area (Å²) in [6.45, 7) is -0.444. The largest absolute Gasteiger partial charge is 0.478 e. The molecule has 0 fully saturated rings. The van der Waals surface area contributed by atoms with Crippen molar-refractivity contribution in [3.05, 3.63) is 69.8 Å². The Morgan fingerprint density at radius 3 is 2.52 bits per heavy atom. The van der Waals surface area contributed by atoms with Gasteiger partial charge in [-0.3, -0.25) is 14.9 Å². The fourth-order valence-electron chi connectivity index (χ4n) is 1.80. The number of aromatic carboxylic acids is 1. The standard InChI is InChI=1S/C16H13N3O6/c20-15(10-25-14-4-2-1-3-13(14)19(23)24)18-17-9-11-5-7-12(8-6-11)16(21)22/h1-9H,10H2,(H,18,20)(H,21,22)/b17-9-. The molecule has 1 amide bonds.